The molecule has 1 aromatic rings. The number of nitrogens with zero attached hydrogens (tertiary/aromatic N) is 3. The Kier molecular flexibility index (Phi) is 12.0. The minimum absolute atomic E-state index is 0.0328. The Hall–Kier alpha value is -2.13. The van der Waals surface area contributed by atoms with Gasteiger partial charge in [0.25, 0.3) is 0 Å². The number of urea groups is 1. The first kappa shape index (κ1) is 29.1. The van der Waals surface area contributed by atoms with E-state index in [0.29, 0.717) is 30.6 Å². The van der Waals surface area contributed by atoms with Crippen LogP contribution < -0.4 is 5.32 Å². The summed E-state index contributed by atoms with van der Waals surface area (Å²) >= 11 is 0. The molecule has 0 radical (unpaired) electrons. The zero-order valence-corrected chi connectivity index (χ0v) is 22.8. The number of hydrogen-bond donors (Lipinski definition) is 1. The molecule has 35 heavy (non-hydrogen) atoms. The molecule has 1 heterocycles. The second-order valence-electron chi connectivity index (χ2n) is 9.60. The van der Waals surface area contributed by atoms with Gasteiger partial charge in [-0.25, -0.2) is 13.2 Å². The summed E-state index contributed by atoms with van der Waals surface area (Å²) in [7, 11) is -3.18. The van der Waals surface area contributed by atoms with Gasteiger partial charge in [-0.2, -0.15) is 0 Å². The second-order valence-corrected chi connectivity index (χ2v) is 11.6. The van der Waals surface area contributed by atoms with Crippen molar-refractivity contribution in [3.63, 3.8) is 0 Å². The van der Waals surface area contributed by atoms with Gasteiger partial charge in [0.1, 0.15) is 6.54 Å². The summed E-state index contributed by atoms with van der Waals surface area (Å²) in [6.45, 7) is 11.2. The van der Waals surface area contributed by atoms with Crippen molar-refractivity contribution < 1.29 is 18.0 Å². The van der Waals surface area contributed by atoms with Crippen molar-refractivity contribution in [2.75, 3.05) is 52.1 Å². The zero-order valence-electron chi connectivity index (χ0n) is 22.0. The Morgan fingerprint density at radius 2 is 1.80 bits per heavy atom. The van der Waals surface area contributed by atoms with Crippen LogP contribution in [-0.2, 0) is 21.1 Å². The molecule has 0 aromatic heterocycles. The largest absolute Gasteiger partial charge is 0.341 e. The summed E-state index contributed by atoms with van der Waals surface area (Å²) in [5, 5.41) is 2.86. The SMILES string of the molecule is CCCNC(=O)N1CCCN(CCCCN(CCC)C(C)Cc2ccc(S(C)(=O)=O)cc2)C(=O)C1. The van der Waals surface area contributed by atoms with Gasteiger partial charge in [-0.3, -0.25) is 4.79 Å². The van der Waals surface area contributed by atoms with Crippen molar-refractivity contribution in [1.82, 2.24) is 20.0 Å². The summed E-state index contributed by atoms with van der Waals surface area (Å²) in [5.74, 6) is 0.0328. The number of nitrogens with one attached hydrogen (secondary N) is 1. The van der Waals surface area contributed by atoms with Crippen LogP contribution >= 0.6 is 0 Å². The van der Waals surface area contributed by atoms with Gasteiger partial charge in [0.2, 0.25) is 5.91 Å². The molecule has 8 nitrogen and oxygen atoms in total. The van der Waals surface area contributed by atoms with Crippen molar-refractivity contribution >= 4 is 21.8 Å². The van der Waals surface area contributed by atoms with E-state index in [1.807, 2.05) is 24.0 Å². The number of carbonyl (C=O) groups excluding carboxylic acids is 2. The Balaban J connectivity index is 1.80. The molecule has 1 aromatic carbocycles. The number of rotatable bonds is 13. The molecule has 9 heteroatoms. The lowest BCUT2D eigenvalue weighted by Crippen LogP contribution is -2.44. The van der Waals surface area contributed by atoms with Crippen LogP contribution in [0.25, 0.3) is 0 Å². The highest BCUT2D eigenvalue weighted by molar-refractivity contribution is 7.90. The van der Waals surface area contributed by atoms with Gasteiger partial charge in [-0.1, -0.05) is 26.0 Å². The van der Waals surface area contributed by atoms with Gasteiger partial charge in [0.15, 0.2) is 9.84 Å². The van der Waals surface area contributed by atoms with Crippen LogP contribution in [0, 0.1) is 0 Å². The predicted molar refractivity (Wildman–Crippen MR) is 140 cm³/mol. The van der Waals surface area contributed by atoms with E-state index in [1.54, 1.807) is 17.0 Å². The lowest BCUT2D eigenvalue weighted by Gasteiger charge is -2.29. The van der Waals surface area contributed by atoms with Crippen LogP contribution in [0.2, 0.25) is 0 Å². The van der Waals surface area contributed by atoms with Crippen LogP contribution in [0.1, 0.15) is 58.4 Å². The fraction of sp³-hybridized carbons (Fsp3) is 0.692. The lowest BCUT2D eigenvalue weighted by atomic mass is 10.1. The Morgan fingerprint density at radius 1 is 1.09 bits per heavy atom. The average molecular weight is 509 g/mol. The highest BCUT2D eigenvalue weighted by Crippen LogP contribution is 2.15. The maximum atomic E-state index is 12.7. The Labute approximate surface area is 212 Å². The molecular formula is C26H44N4O4S. The standard InChI is InChI=1S/C26H44N4O4S/c1-5-14-27-26(32)30-19-9-18-29(25(31)21-30)17-8-7-16-28(15-6-2)22(3)20-23-10-12-24(13-11-23)35(4,33)34/h10-13,22H,5-9,14-21H2,1-4H3,(H,27,32). The molecule has 0 bridgehead atoms. The van der Waals surface area contributed by atoms with Crippen LogP contribution in [0.15, 0.2) is 29.2 Å². The van der Waals surface area contributed by atoms with Crippen molar-refractivity contribution in [1.29, 1.82) is 0 Å². The second kappa shape index (κ2) is 14.4. The third kappa shape index (κ3) is 9.80. The van der Waals surface area contributed by atoms with Gasteiger partial charge < -0.3 is 20.0 Å². The van der Waals surface area contributed by atoms with E-state index in [1.165, 1.54) is 6.26 Å². The molecule has 0 saturated carbocycles. The Bertz CT molecular complexity index is 904. The topological polar surface area (TPSA) is 90.0 Å². The van der Waals surface area contributed by atoms with E-state index < -0.39 is 9.84 Å². The molecular weight excluding hydrogens is 464 g/mol. The van der Waals surface area contributed by atoms with Crippen LogP contribution in [0.3, 0.4) is 0 Å². The molecule has 1 aliphatic rings. The molecule has 1 saturated heterocycles. The average Bonchev–Trinajstić information content (AvgIpc) is 3.00. The number of amides is 3. The summed E-state index contributed by atoms with van der Waals surface area (Å²) in [5.41, 5.74) is 1.13. The third-order valence-electron chi connectivity index (χ3n) is 6.49. The number of benzene rings is 1. The van der Waals surface area contributed by atoms with Crippen LogP contribution in [-0.4, -0.2) is 93.2 Å². The number of unbranched alkanes of at least 4 members (excludes halogenated alkanes) is 1. The van der Waals surface area contributed by atoms with Gasteiger partial charge >= 0.3 is 6.03 Å². The highest BCUT2D eigenvalue weighted by Gasteiger charge is 2.24. The molecule has 1 unspecified atom stereocenters. The van der Waals surface area contributed by atoms with E-state index >= 15 is 0 Å². The fourth-order valence-corrected chi connectivity index (χ4v) is 5.10. The summed E-state index contributed by atoms with van der Waals surface area (Å²) in [6.07, 6.45) is 6.78. The summed E-state index contributed by atoms with van der Waals surface area (Å²) < 4.78 is 23.4. The number of carbonyl (C=O) groups is 2. The molecule has 1 atom stereocenters. The number of hydrogen-bond acceptors (Lipinski definition) is 5. The van der Waals surface area contributed by atoms with Crippen molar-refractivity contribution in [2.24, 2.45) is 0 Å². The van der Waals surface area contributed by atoms with Gasteiger partial charge in [0, 0.05) is 38.5 Å². The molecule has 0 aliphatic carbocycles. The molecule has 0 spiro atoms. The molecule has 2 rings (SSSR count). The molecule has 3 amide bonds. The minimum atomic E-state index is -3.18. The maximum Gasteiger partial charge on any atom is 0.317 e. The third-order valence-corrected chi connectivity index (χ3v) is 7.62. The monoisotopic (exact) mass is 508 g/mol. The first-order valence-corrected chi connectivity index (χ1v) is 14.9. The number of sulfone groups is 1. The summed E-state index contributed by atoms with van der Waals surface area (Å²) in [4.78, 5) is 31.3. The van der Waals surface area contributed by atoms with E-state index in [2.05, 4.69) is 24.1 Å². The summed E-state index contributed by atoms with van der Waals surface area (Å²) in [6, 6.07) is 7.40. The predicted octanol–water partition coefficient (Wildman–Crippen LogP) is 3.17. The van der Waals surface area contributed by atoms with E-state index in [-0.39, 0.29) is 18.5 Å². The normalized spacial score (nSPS) is 15.9. The van der Waals surface area contributed by atoms with Crippen LogP contribution in [0.4, 0.5) is 4.79 Å². The van der Waals surface area contributed by atoms with Gasteiger partial charge in [-0.15, -0.1) is 0 Å². The van der Waals surface area contributed by atoms with Crippen molar-refractivity contribution in [3.8, 4) is 0 Å². The quantitative estimate of drug-likeness (QED) is 0.414. The molecule has 1 aliphatic heterocycles. The van der Waals surface area contributed by atoms with Crippen molar-refractivity contribution in [3.05, 3.63) is 29.8 Å². The van der Waals surface area contributed by atoms with Crippen molar-refractivity contribution in [2.45, 2.75) is 70.2 Å². The molecule has 1 fully saturated rings. The maximum absolute atomic E-state index is 12.7. The van der Waals surface area contributed by atoms with E-state index in [0.717, 1.165) is 63.7 Å². The molecule has 198 valence electrons. The van der Waals surface area contributed by atoms with Gasteiger partial charge in [-0.05, 0) is 76.2 Å². The Morgan fingerprint density at radius 3 is 2.43 bits per heavy atom. The molecule has 1 N–H and O–H groups in total. The highest BCUT2D eigenvalue weighted by atomic mass is 32.2. The van der Waals surface area contributed by atoms with E-state index in [4.69, 9.17) is 0 Å². The van der Waals surface area contributed by atoms with Crippen LogP contribution in [0.5, 0.6) is 0 Å². The van der Waals surface area contributed by atoms with Gasteiger partial charge in [0.05, 0.1) is 4.90 Å². The lowest BCUT2D eigenvalue weighted by molar-refractivity contribution is -0.130. The first-order chi connectivity index (χ1) is 16.7. The first-order valence-electron chi connectivity index (χ1n) is 13.0. The van der Waals surface area contributed by atoms with E-state index in [9.17, 15) is 18.0 Å². The fourth-order valence-electron chi connectivity index (χ4n) is 4.47. The smallest absolute Gasteiger partial charge is 0.317 e. The minimum Gasteiger partial charge on any atom is -0.341 e. The zero-order chi connectivity index (χ0) is 25.8.